The molecule has 0 aromatic heterocycles. The minimum absolute atomic E-state index is 0.0984. The van der Waals surface area contributed by atoms with E-state index in [-0.39, 0.29) is 11.7 Å². The van der Waals surface area contributed by atoms with Crippen LogP contribution >= 0.6 is 0 Å². The van der Waals surface area contributed by atoms with E-state index >= 15 is 0 Å². The van der Waals surface area contributed by atoms with Crippen molar-refractivity contribution in [2.24, 2.45) is 5.92 Å². The molecule has 15 heavy (non-hydrogen) atoms. The maximum Gasteiger partial charge on any atom is 0.327 e. The molecule has 0 aromatic rings. The zero-order valence-corrected chi connectivity index (χ0v) is 9.96. The zero-order valence-electron chi connectivity index (χ0n) is 9.96. The van der Waals surface area contributed by atoms with Gasteiger partial charge in [-0.15, -0.1) is 0 Å². The molecule has 2 fully saturated rings. The fraction of sp³-hybridized carbons (Fsp3) is 0.909. The quantitative estimate of drug-likeness (QED) is 0.596. The Balaban J connectivity index is 2.33. The Morgan fingerprint density at radius 3 is 2.67 bits per heavy atom. The average molecular weight is 212 g/mol. The number of piperidine rings is 1. The van der Waals surface area contributed by atoms with Crippen molar-refractivity contribution in [1.29, 1.82) is 0 Å². The third kappa shape index (κ3) is 1.31. The molecular weight excluding hydrogens is 192 g/mol. The summed E-state index contributed by atoms with van der Waals surface area (Å²) in [6.45, 7) is 7.82. The standard InChI is InChI=1S/C11H20N2O2/c1-8-7-12-6-5-11(8)13(4)10(2,3)9(14)15-11/h8,12H,5-7H2,1-4H3. The highest BCUT2D eigenvalue weighted by molar-refractivity contribution is 5.82. The van der Waals surface area contributed by atoms with Gasteiger partial charge in [-0.05, 0) is 20.9 Å². The van der Waals surface area contributed by atoms with Crippen molar-refractivity contribution in [2.45, 2.75) is 38.5 Å². The lowest BCUT2D eigenvalue weighted by Crippen LogP contribution is -2.59. The Morgan fingerprint density at radius 1 is 1.53 bits per heavy atom. The maximum absolute atomic E-state index is 11.8. The van der Waals surface area contributed by atoms with Crippen LogP contribution in [-0.4, -0.2) is 42.3 Å². The molecule has 2 unspecified atom stereocenters. The molecule has 0 aromatic carbocycles. The molecule has 4 heteroatoms. The van der Waals surface area contributed by atoms with Gasteiger partial charge in [0.25, 0.3) is 0 Å². The van der Waals surface area contributed by atoms with Crippen LogP contribution in [0.1, 0.15) is 27.2 Å². The van der Waals surface area contributed by atoms with Gasteiger partial charge in [0.05, 0.1) is 0 Å². The van der Waals surface area contributed by atoms with Gasteiger partial charge < -0.3 is 10.1 Å². The van der Waals surface area contributed by atoms with Crippen LogP contribution in [0.4, 0.5) is 0 Å². The largest absolute Gasteiger partial charge is 0.442 e. The van der Waals surface area contributed by atoms with E-state index in [0.717, 1.165) is 19.5 Å². The lowest BCUT2D eigenvalue weighted by atomic mass is 9.88. The van der Waals surface area contributed by atoms with E-state index in [1.54, 1.807) is 0 Å². The van der Waals surface area contributed by atoms with E-state index < -0.39 is 5.54 Å². The number of ether oxygens (including phenoxy) is 1. The van der Waals surface area contributed by atoms with Gasteiger partial charge in [-0.2, -0.15) is 0 Å². The number of nitrogens with zero attached hydrogens (tertiary/aromatic N) is 1. The van der Waals surface area contributed by atoms with Gasteiger partial charge in [-0.25, -0.2) is 4.79 Å². The third-order valence-electron chi connectivity index (χ3n) is 4.06. The van der Waals surface area contributed by atoms with Crippen molar-refractivity contribution in [3.05, 3.63) is 0 Å². The first-order chi connectivity index (χ1) is 6.91. The predicted molar refractivity (Wildman–Crippen MR) is 57.3 cm³/mol. The van der Waals surface area contributed by atoms with Crippen molar-refractivity contribution in [1.82, 2.24) is 10.2 Å². The molecule has 0 aliphatic carbocycles. The molecule has 2 aliphatic heterocycles. The van der Waals surface area contributed by atoms with E-state index in [0.29, 0.717) is 5.92 Å². The van der Waals surface area contributed by atoms with E-state index in [1.165, 1.54) is 0 Å². The summed E-state index contributed by atoms with van der Waals surface area (Å²) in [4.78, 5) is 13.9. The van der Waals surface area contributed by atoms with E-state index in [9.17, 15) is 4.79 Å². The van der Waals surface area contributed by atoms with Gasteiger partial charge >= 0.3 is 5.97 Å². The second-order valence-corrected chi connectivity index (χ2v) is 5.21. The van der Waals surface area contributed by atoms with E-state index in [1.807, 2.05) is 20.9 Å². The van der Waals surface area contributed by atoms with Crippen LogP contribution in [0.25, 0.3) is 0 Å². The molecule has 2 atom stereocenters. The smallest absolute Gasteiger partial charge is 0.327 e. The monoisotopic (exact) mass is 212 g/mol. The topological polar surface area (TPSA) is 41.6 Å². The van der Waals surface area contributed by atoms with Crippen LogP contribution in [0.2, 0.25) is 0 Å². The minimum Gasteiger partial charge on any atom is -0.442 e. The Morgan fingerprint density at radius 2 is 2.20 bits per heavy atom. The van der Waals surface area contributed by atoms with Gasteiger partial charge in [0.2, 0.25) is 0 Å². The molecule has 0 saturated carbocycles. The number of carbonyl (C=O) groups is 1. The fourth-order valence-corrected chi connectivity index (χ4v) is 2.61. The second kappa shape index (κ2) is 3.19. The summed E-state index contributed by atoms with van der Waals surface area (Å²) in [6.07, 6.45) is 0.875. The average Bonchev–Trinajstić information content (AvgIpc) is 2.35. The molecule has 2 aliphatic rings. The highest BCUT2D eigenvalue weighted by Crippen LogP contribution is 2.42. The molecule has 1 spiro atoms. The number of hydrogen-bond acceptors (Lipinski definition) is 4. The van der Waals surface area contributed by atoms with Crippen molar-refractivity contribution in [3.63, 3.8) is 0 Å². The van der Waals surface area contributed by atoms with Gasteiger partial charge in [-0.3, -0.25) is 4.90 Å². The van der Waals surface area contributed by atoms with Crippen LogP contribution in [0.5, 0.6) is 0 Å². The molecule has 4 nitrogen and oxygen atoms in total. The number of hydrogen-bond donors (Lipinski definition) is 1. The van der Waals surface area contributed by atoms with Crippen LogP contribution < -0.4 is 5.32 Å². The maximum atomic E-state index is 11.8. The second-order valence-electron chi connectivity index (χ2n) is 5.21. The molecule has 0 bridgehead atoms. The number of rotatable bonds is 0. The highest BCUT2D eigenvalue weighted by atomic mass is 16.6. The van der Waals surface area contributed by atoms with Crippen LogP contribution in [0, 0.1) is 5.92 Å². The summed E-state index contributed by atoms with van der Waals surface area (Å²) in [5, 5.41) is 3.33. The number of esters is 1. The molecule has 2 rings (SSSR count). The third-order valence-corrected chi connectivity index (χ3v) is 4.06. The number of nitrogens with one attached hydrogen (secondary N) is 1. The van der Waals surface area contributed by atoms with Gasteiger partial charge in [0, 0.05) is 25.4 Å². The lowest BCUT2D eigenvalue weighted by molar-refractivity contribution is -0.165. The van der Waals surface area contributed by atoms with Crippen LogP contribution in [-0.2, 0) is 9.53 Å². The first-order valence-electron chi connectivity index (χ1n) is 5.59. The Kier molecular flexibility index (Phi) is 2.32. The van der Waals surface area contributed by atoms with Crippen molar-refractivity contribution in [3.8, 4) is 0 Å². The molecular formula is C11H20N2O2. The zero-order chi connectivity index (χ0) is 11.3. The summed E-state index contributed by atoms with van der Waals surface area (Å²) in [7, 11) is 1.99. The molecule has 2 heterocycles. The molecule has 2 saturated heterocycles. The van der Waals surface area contributed by atoms with Crippen molar-refractivity contribution < 1.29 is 9.53 Å². The fourth-order valence-electron chi connectivity index (χ4n) is 2.61. The normalized spacial score (nSPS) is 40.8. The molecule has 0 radical (unpaired) electrons. The summed E-state index contributed by atoms with van der Waals surface area (Å²) in [5.41, 5.74) is -0.878. The number of carbonyl (C=O) groups excluding carboxylic acids is 1. The molecule has 1 N–H and O–H groups in total. The highest BCUT2D eigenvalue weighted by Gasteiger charge is 2.59. The summed E-state index contributed by atoms with van der Waals surface area (Å²) in [6, 6.07) is 0. The van der Waals surface area contributed by atoms with Crippen molar-refractivity contribution >= 4 is 5.97 Å². The Hall–Kier alpha value is -0.610. The molecule has 0 amide bonds. The summed E-state index contributed by atoms with van der Waals surface area (Å²) < 4.78 is 5.68. The van der Waals surface area contributed by atoms with Crippen molar-refractivity contribution in [2.75, 3.05) is 20.1 Å². The van der Waals surface area contributed by atoms with E-state index in [4.69, 9.17) is 4.74 Å². The lowest BCUT2D eigenvalue weighted by Gasteiger charge is -2.44. The summed E-state index contributed by atoms with van der Waals surface area (Å²) >= 11 is 0. The summed E-state index contributed by atoms with van der Waals surface area (Å²) in [5.74, 6) is 0.237. The SMILES string of the molecule is CC1CNCCC12OC(=O)C(C)(C)N2C. The first kappa shape index (κ1) is 10.9. The minimum atomic E-state index is -0.494. The predicted octanol–water partition coefficient (Wildman–Crippen LogP) is 0.579. The van der Waals surface area contributed by atoms with Crippen LogP contribution in [0.15, 0.2) is 0 Å². The first-order valence-corrected chi connectivity index (χ1v) is 5.59. The van der Waals surface area contributed by atoms with E-state index in [2.05, 4.69) is 17.1 Å². The van der Waals surface area contributed by atoms with Gasteiger partial charge in [-0.1, -0.05) is 6.92 Å². The van der Waals surface area contributed by atoms with Crippen LogP contribution in [0.3, 0.4) is 0 Å². The van der Waals surface area contributed by atoms with Gasteiger partial charge in [0.15, 0.2) is 5.72 Å². The number of likely N-dealkylation sites (N-methyl/N-ethyl adjacent to an activating group) is 1. The molecule has 86 valence electrons. The Bertz CT molecular complexity index is 290. The van der Waals surface area contributed by atoms with Gasteiger partial charge in [0.1, 0.15) is 5.54 Å². The Labute approximate surface area is 91.0 Å².